The minimum absolute atomic E-state index is 0.0597. The van der Waals surface area contributed by atoms with Gasteiger partial charge in [-0.2, -0.15) is 0 Å². The first kappa shape index (κ1) is 24.3. The summed E-state index contributed by atoms with van der Waals surface area (Å²) in [5.41, 5.74) is 2.30. The Hall–Kier alpha value is -3.36. The van der Waals surface area contributed by atoms with E-state index in [1.165, 1.54) is 0 Å². The number of Topliss-reactive ketones (excluding diaryl/α,β-unsaturated/α-hetero) is 1. The van der Waals surface area contributed by atoms with Crippen molar-refractivity contribution in [3.8, 4) is 11.5 Å². The second-order valence-electron chi connectivity index (χ2n) is 9.41. The minimum Gasteiger partial charge on any atom is -0.507 e. The lowest BCUT2D eigenvalue weighted by Gasteiger charge is -2.31. The summed E-state index contributed by atoms with van der Waals surface area (Å²) in [5.74, 6) is -0.0130. The van der Waals surface area contributed by atoms with Gasteiger partial charge in [-0.3, -0.25) is 14.5 Å². The van der Waals surface area contributed by atoms with Gasteiger partial charge in [-0.1, -0.05) is 12.1 Å². The van der Waals surface area contributed by atoms with Crippen LogP contribution in [0.25, 0.3) is 5.76 Å². The normalized spacial score (nSPS) is 23.6. The molecule has 3 aliphatic heterocycles. The smallest absolute Gasteiger partial charge is 0.295 e. The molecule has 8 heteroatoms. The number of amides is 1. The molecule has 0 unspecified atom stereocenters. The summed E-state index contributed by atoms with van der Waals surface area (Å²) in [6.45, 7) is 8.24. The summed E-state index contributed by atoms with van der Waals surface area (Å²) in [7, 11) is 0. The first-order valence-electron chi connectivity index (χ1n) is 12.6. The fourth-order valence-corrected chi connectivity index (χ4v) is 5.20. The molecule has 8 nitrogen and oxygen atoms in total. The lowest BCUT2D eigenvalue weighted by Crippen LogP contribution is -2.42. The number of morpholine rings is 1. The highest BCUT2D eigenvalue weighted by Gasteiger charge is 2.46. The van der Waals surface area contributed by atoms with Gasteiger partial charge < -0.3 is 24.2 Å². The Bertz CT molecular complexity index is 1190. The molecule has 0 spiro atoms. The third kappa shape index (κ3) is 4.70. The lowest BCUT2D eigenvalue weighted by atomic mass is 9.94. The third-order valence-corrected chi connectivity index (χ3v) is 6.96. The molecule has 3 aliphatic rings. The van der Waals surface area contributed by atoms with Crippen LogP contribution in [0.15, 0.2) is 48.0 Å². The molecule has 36 heavy (non-hydrogen) atoms. The number of ketones is 1. The van der Waals surface area contributed by atoms with Crippen LogP contribution in [0.1, 0.15) is 36.6 Å². The van der Waals surface area contributed by atoms with Gasteiger partial charge in [0.15, 0.2) is 0 Å². The topological polar surface area (TPSA) is 88.5 Å². The number of hydrogen-bond donors (Lipinski definition) is 1. The van der Waals surface area contributed by atoms with Crippen LogP contribution in [0.3, 0.4) is 0 Å². The Morgan fingerprint density at radius 1 is 1.11 bits per heavy atom. The Morgan fingerprint density at radius 2 is 1.92 bits per heavy atom. The van der Waals surface area contributed by atoms with E-state index in [0.29, 0.717) is 44.2 Å². The highest BCUT2D eigenvalue weighted by molar-refractivity contribution is 6.46. The summed E-state index contributed by atoms with van der Waals surface area (Å²) in [6.07, 6.45) is 0.786. The van der Waals surface area contributed by atoms with Crippen molar-refractivity contribution >= 4 is 17.4 Å². The molecule has 0 aliphatic carbocycles. The molecule has 2 aromatic rings. The molecular formula is C28H32N2O6. The van der Waals surface area contributed by atoms with E-state index in [0.717, 1.165) is 36.4 Å². The van der Waals surface area contributed by atoms with E-state index in [2.05, 4.69) is 4.90 Å². The van der Waals surface area contributed by atoms with Crippen LogP contribution in [0, 0.1) is 0 Å². The highest BCUT2D eigenvalue weighted by Crippen LogP contribution is 2.41. The standard InChI is InChI=1S/C28H32N2O6/c1-3-35-22-6-4-5-19(17-22)25-24(26(31)20-7-8-23-21(16-20)15-18(2)36-23)27(32)28(33)30(25)10-9-29-11-13-34-14-12-29/h4-8,16-18,25,31H,3,9-15H2,1-2H3/t18-,25+/m1/s1. The molecule has 190 valence electrons. The predicted molar refractivity (Wildman–Crippen MR) is 134 cm³/mol. The number of aliphatic hydroxyl groups excluding tert-OH is 1. The Labute approximate surface area is 211 Å². The number of carbonyl (C=O) groups excluding carboxylic acids is 2. The summed E-state index contributed by atoms with van der Waals surface area (Å²) in [4.78, 5) is 30.4. The van der Waals surface area contributed by atoms with Crippen LogP contribution in [0.4, 0.5) is 0 Å². The summed E-state index contributed by atoms with van der Waals surface area (Å²) >= 11 is 0. The quantitative estimate of drug-likeness (QED) is 0.361. The number of likely N-dealkylation sites (tertiary alicyclic amines) is 1. The number of nitrogens with zero attached hydrogens (tertiary/aromatic N) is 2. The molecular weight excluding hydrogens is 460 g/mol. The number of rotatable bonds is 7. The zero-order valence-electron chi connectivity index (χ0n) is 20.7. The van der Waals surface area contributed by atoms with Crippen molar-refractivity contribution < 1.29 is 28.9 Å². The molecule has 5 rings (SSSR count). The Morgan fingerprint density at radius 3 is 2.69 bits per heavy atom. The van der Waals surface area contributed by atoms with Gasteiger partial charge in [-0.05, 0) is 55.3 Å². The molecule has 2 aromatic carbocycles. The van der Waals surface area contributed by atoms with Gasteiger partial charge >= 0.3 is 0 Å². The number of ether oxygens (including phenoxy) is 3. The molecule has 2 saturated heterocycles. The van der Waals surface area contributed by atoms with Crippen molar-refractivity contribution in [1.82, 2.24) is 9.80 Å². The summed E-state index contributed by atoms with van der Waals surface area (Å²) in [6, 6.07) is 12.1. The van der Waals surface area contributed by atoms with E-state index < -0.39 is 17.7 Å². The SMILES string of the molecule is CCOc1cccc([C@H]2C(=C(O)c3ccc4c(c3)C[C@@H](C)O4)C(=O)C(=O)N2CCN2CCOCC2)c1. The number of fused-ring (bicyclic) bond motifs is 1. The van der Waals surface area contributed by atoms with Crippen molar-refractivity contribution in [2.45, 2.75) is 32.4 Å². The lowest BCUT2D eigenvalue weighted by molar-refractivity contribution is -0.140. The van der Waals surface area contributed by atoms with Crippen LogP contribution in [-0.4, -0.2) is 78.7 Å². The monoisotopic (exact) mass is 492 g/mol. The molecule has 3 heterocycles. The molecule has 0 aromatic heterocycles. The van der Waals surface area contributed by atoms with E-state index >= 15 is 0 Å². The zero-order valence-corrected chi connectivity index (χ0v) is 20.7. The van der Waals surface area contributed by atoms with Crippen molar-refractivity contribution in [3.05, 3.63) is 64.7 Å². The van der Waals surface area contributed by atoms with Crippen LogP contribution >= 0.6 is 0 Å². The summed E-state index contributed by atoms with van der Waals surface area (Å²) < 4.78 is 16.9. The van der Waals surface area contributed by atoms with E-state index in [1.54, 1.807) is 11.0 Å². The Kier molecular flexibility index (Phi) is 6.98. The molecule has 1 amide bonds. The maximum Gasteiger partial charge on any atom is 0.295 e. The van der Waals surface area contributed by atoms with Crippen LogP contribution in [0.5, 0.6) is 11.5 Å². The van der Waals surface area contributed by atoms with Crippen LogP contribution in [0.2, 0.25) is 0 Å². The molecule has 0 bridgehead atoms. The maximum absolute atomic E-state index is 13.4. The van der Waals surface area contributed by atoms with Crippen molar-refractivity contribution in [2.75, 3.05) is 46.0 Å². The van der Waals surface area contributed by atoms with Crippen LogP contribution < -0.4 is 9.47 Å². The van der Waals surface area contributed by atoms with Crippen molar-refractivity contribution in [3.63, 3.8) is 0 Å². The van der Waals surface area contributed by atoms with Gasteiger partial charge in [0.2, 0.25) is 0 Å². The van der Waals surface area contributed by atoms with Gasteiger partial charge in [0, 0.05) is 38.2 Å². The highest BCUT2D eigenvalue weighted by atomic mass is 16.5. The third-order valence-electron chi connectivity index (χ3n) is 6.96. The van der Waals surface area contributed by atoms with E-state index in [4.69, 9.17) is 14.2 Å². The van der Waals surface area contributed by atoms with Gasteiger partial charge in [-0.25, -0.2) is 0 Å². The predicted octanol–water partition coefficient (Wildman–Crippen LogP) is 3.16. The number of hydrogen-bond acceptors (Lipinski definition) is 7. The largest absolute Gasteiger partial charge is 0.507 e. The van der Waals surface area contributed by atoms with Crippen molar-refractivity contribution in [1.29, 1.82) is 0 Å². The van der Waals surface area contributed by atoms with Gasteiger partial charge in [0.1, 0.15) is 23.4 Å². The molecule has 2 fully saturated rings. The first-order valence-corrected chi connectivity index (χ1v) is 12.6. The van der Waals surface area contributed by atoms with Gasteiger partial charge in [0.05, 0.1) is 31.4 Å². The summed E-state index contributed by atoms with van der Waals surface area (Å²) in [5, 5.41) is 11.4. The molecule has 1 N–H and O–H groups in total. The second kappa shape index (κ2) is 10.3. The maximum atomic E-state index is 13.4. The molecule has 2 atom stereocenters. The average molecular weight is 493 g/mol. The molecule has 0 radical (unpaired) electrons. The van der Waals surface area contributed by atoms with E-state index in [1.807, 2.05) is 50.2 Å². The minimum atomic E-state index is -0.713. The van der Waals surface area contributed by atoms with Gasteiger partial charge in [-0.15, -0.1) is 0 Å². The van der Waals surface area contributed by atoms with E-state index in [9.17, 15) is 14.7 Å². The fourth-order valence-electron chi connectivity index (χ4n) is 5.20. The first-order chi connectivity index (χ1) is 17.5. The fraction of sp³-hybridized carbons (Fsp3) is 0.429. The molecule has 0 saturated carbocycles. The number of aliphatic hydroxyl groups is 1. The van der Waals surface area contributed by atoms with Gasteiger partial charge in [0.25, 0.3) is 11.7 Å². The zero-order chi connectivity index (χ0) is 25.2. The van der Waals surface area contributed by atoms with Crippen LogP contribution in [-0.2, 0) is 20.7 Å². The van der Waals surface area contributed by atoms with E-state index in [-0.39, 0.29) is 17.4 Å². The average Bonchev–Trinajstić information content (AvgIpc) is 3.38. The Balaban J connectivity index is 1.54. The van der Waals surface area contributed by atoms with Crippen molar-refractivity contribution in [2.24, 2.45) is 0 Å². The second-order valence-corrected chi connectivity index (χ2v) is 9.41. The number of carbonyl (C=O) groups is 2. The number of benzene rings is 2.